The molecule has 8 bridgehead atoms. The lowest BCUT2D eigenvalue weighted by atomic mass is 9.78. The quantitative estimate of drug-likeness (QED) is 0.186. The van der Waals surface area contributed by atoms with Gasteiger partial charge in [-0.3, -0.25) is 0 Å². The van der Waals surface area contributed by atoms with Crippen molar-refractivity contribution in [1.82, 2.24) is 0 Å². The highest BCUT2D eigenvalue weighted by Gasteiger charge is 2.27. The summed E-state index contributed by atoms with van der Waals surface area (Å²) in [4.78, 5) is 0. The molecule has 4 aromatic rings. The van der Waals surface area contributed by atoms with Crippen LogP contribution in [0.4, 0.5) is 0 Å². The highest BCUT2D eigenvalue weighted by Crippen LogP contribution is 2.41. The van der Waals surface area contributed by atoms with E-state index in [0.717, 1.165) is 37.2 Å². The second kappa shape index (κ2) is 13.2. The lowest BCUT2D eigenvalue weighted by Gasteiger charge is -2.28. The molecule has 0 radical (unpaired) electrons. The molecular formula is C48H64O2. The van der Waals surface area contributed by atoms with Crippen molar-refractivity contribution < 1.29 is 9.47 Å². The first kappa shape index (κ1) is 37.7. The van der Waals surface area contributed by atoms with Gasteiger partial charge in [0.1, 0.15) is 11.5 Å². The third kappa shape index (κ3) is 7.70. The van der Waals surface area contributed by atoms with E-state index in [0.29, 0.717) is 0 Å². The standard InChI is InChI=1S/C48H64O2/c1-29-31-17-35-25-41(47(9,10)11)27-37(43(35)49-15)19-33-23-40(46(6,7)8)24-34(30(33)2)20-38-28-42(48(12,13)14)26-36(44(38)50-16)18-32(29)22-39(21-31)45(3,4)5/h21-28H,17-20H2,1-16H3. The first-order valence-corrected chi connectivity index (χ1v) is 18.7. The van der Waals surface area contributed by atoms with Gasteiger partial charge >= 0.3 is 0 Å². The van der Waals surface area contributed by atoms with E-state index in [-0.39, 0.29) is 21.7 Å². The van der Waals surface area contributed by atoms with Crippen LogP contribution in [0, 0.1) is 13.8 Å². The molecule has 1 aliphatic rings. The summed E-state index contributed by atoms with van der Waals surface area (Å²) < 4.78 is 12.8. The van der Waals surface area contributed by atoms with E-state index >= 15 is 0 Å². The SMILES string of the molecule is COc1c2cc(C(C)(C)C)cc1Cc1cc(C(C)(C)C)cc(c1C)Cc1cc(C(C)(C)C)cc(c1OC)Cc1cc(C(C)(C)C)cc(c1C)C2. The number of benzene rings is 4. The lowest BCUT2D eigenvalue weighted by molar-refractivity contribution is 0.405. The summed E-state index contributed by atoms with van der Waals surface area (Å²) in [6.45, 7) is 32.6. The van der Waals surface area contributed by atoms with E-state index in [2.05, 4.69) is 145 Å². The Morgan fingerprint density at radius 3 is 0.680 bits per heavy atom. The highest BCUT2D eigenvalue weighted by molar-refractivity contribution is 5.57. The topological polar surface area (TPSA) is 18.5 Å². The number of hydrogen-bond acceptors (Lipinski definition) is 2. The Labute approximate surface area is 305 Å². The Morgan fingerprint density at radius 2 is 0.520 bits per heavy atom. The molecule has 0 aromatic heterocycles. The van der Waals surface area contributed by atoms with Crippen molar-refractivity contribution >= 4 is 0 Å². The highest BCUT2D eigenvalue weighted by atomic mass is 16.5. The molecule has 5 rings (SSSR count). The van der Waals surface area contributed by atoms with Crippen LogP contribution in [0.2, 0.25) is 0 Å². The van der Waals surface area contributed by atoms with E-state index < -0.39 is 0 Å². The molecule has 50 heavy (non-hydrogen) atoms. The molecule has 0 spiro atoms. The summed E-state index contributed by atoms with van der Waals surface area (Å²) in [6, 6.07) is 19.5. The van der Waals surface area contributed by atoms with Gasteiger partial charge in [-0.25, -0.2) is 0 Å². The summed E-state index contributed by atoms with van der Waals surface area (Å²) in [6.07, 6.45) is 3.28. The maximum Gasteiger partial charge on any atom is 0.125 e. The first-order valence-electron chi connectivity index (χ1n) is 18.7. The van der Waals surface area contributed by atoms with Crippen LogP contribution in [0.15, 0.2) is 48.5 Å². The van der Waals surface area contributed by atoms with Gasteiger partial charge in [0.15, 0.2) is 0 Å². The molecular weight excluding hydrogens is 609 g/mol. The molecule has 0 amide bonds. The van der Waals surface area contributed by atoms with Gasteiger partial charge in [-0.05, 0) is 113 Å². The van der Waals surface area contributed by atoms with E-state index in [1.807, 2.05) is 14.2 Å². The fraction of sp³-hybridized carbons (Fsp3) is 0.500. The predicted molar refractivity (Wildman–Crippen MR) is 214 cm³/mol. The molecule has 0 aliphatic heterocycles. The second-order valence-corrected chi connectivity index (χ2v) is 19.2. The number of hydrogen-bond donors (Lipinski definition) is 0. The predicted octanol–water partition coefficient (Wildman–Crippen LogP) is 12.2. The molecule has 0 atom stereocenters. The minimum absolute atomic E-state index is 0.00156. The van der Waals surface area contributed by atoms with Gasteiger partial charge < -0.3 is 9.47 Å². The molecule has 0 unspecified atom stereocenters. The average Bonchev–Trinajstić information content (AvgIpc) is 2.98. The zero-order chi connectivity index (χ0) is 37.1. The Balaban J connectivity index is 1.93. The van der Waals surface area contributed by atoms with Crippen LogP contribution < -0.4 is 9.47 Å². The third-order valence-electron chi connectivity index (χ3n) is 11.1. The number of methoxy groups -OCH3 is 2. The van der Waals surface area contributed by atoms with Crippen molar-refractivity contribution in [3.63, 3.8) is 0 Å². The smallest absolute Gasteiger partial charge is 0.125 e. The number of fused-ring (bicyclic) bond motifs is 8. The van der Waals surface area contributed by atoms with Crippen LogP contribution >= 0.6 is 0 Å². The maximum absolute atomic E-state index is 6.40. The van der Waals surface area contributed by atoms with Gasteiger partial charge in [-0.2, -0.15) is 0 Å². The number of rotatable bonds is 2. The van der Waals surface area contributed by atoms with Crippen LogP contribution in [0.3, 0.4) is 0 Å². The normalized spacial score (nSPS) is 14.1. The van der Waals surface area contributed by atoms with Crippen molar-refractivity contribution in [3.8, 4) is 11.5 Å². The van der Waals surface area contributed by atoms with Gasteiger partial charge in [0.05, 0.1) is 14.2 Å². The van der Waals surface area contributed by atoms with E-state index in [1.54, 1.807) is 0 Å². The van der Waals surface area contributed by atoms with E-state index in [1.165, 1.54) is 77.9 Å². The van der Waals surface area contributed by atoms with E-state index in [4.69, 9.17) is 9.47 Å². The zero-order valence-corrected chi connectivity index (χ0v) is 34.3. The van der Waals surface area contributed by atoms with Crippen molar-refractivity contribution in [2.24, 2.45) is 0 Å². The molecule has 2 nitrogen and oxygen atoms in total. The monoisotopic (exact) mass is 672 g/mol. The zero-order valence-electron chi connectivity index (χ0n) is 34.3. The molecule has 0 saturated heterocycles. The Bertz CT molecular complexity index is 1670. The average molecular weight is 673 g/mol. The largest absolute Gasteiger partial charge is 0.496 e. The summed E-state index contributed by atoms with van der Waals surface area (Å²) in [5.41, 5.74) is 18.7. The maximum atomic E-state index is 6.40. The van der Waals surface area contributed by atoms with Gasteiger partial charge in [-0.1, -0.05) is 132 Å². The molecule has 0 saturated carbocycles. The Hall–Kier alpha value is -3.52. The Kier molecular flexibility index (Phi) is 9.98. The van der Waals surface area contributed by atoms with Crippen LogP contribution in [0.25, 0.3) is 0 Å². The van der Waals surface area contributed by atoms with Crippen LogP contribution in [0.5, 0.6) is 11.5 Å². The Morgan fingerprint density at radius 1 is 0.340 bits per heavy atom. The minimum atomic E-state index is 0.00156. The third-order valence-corrected chi connectivity index (χ3v) is 11.1. The molecule has 4 aromatic carbocycles. The molecule has 0 N–H and O–H groups in total. The summed E-state index contributed by atoms with van der Waals surface area (Å²) in [5.74, 6) is 2.05. The van der Waals surface area contributed by atoms with E-state index in [9.17, 15) is 0 Å². The van der Waals surface area contributed by atoms with Gasteiger partial charge in [0.2, 0.25) is 0 Å². The first-order chi connectivity index (χ1) is 23.0. The lowest BCUT2D eigenvalue weighted by Crippen LogP contribution is -2.17. The molecule has 0 fully saturated rings. The summed E-state index contributed by atoms with van der Waals surface area (Å²) >= 11 is 0. The van der Waals surface area contributed by atoms with Crippen molar-refractivity contribution in [2.75, 3.05) is 14.2 Å². The van der Waals surface area contributed by atoms with Crippen molar-refractivity contribution in [2.45, 2.75) is 144 Å². The van der Waals surface area contributed by atoms with Crippen LogP contribution in [-0.2, 0) is 47.3 Å². The fourth-order valence-corrected chi connectivity index (χ4v) is 7.53. The molecule has 2 heteroatoms. The number of ether oxygens (including phenoxy) is 2. The van der Waals surface area contributed by atoms with Gasteiger partial charge in [0.25, 0.3) is 0 Å². The van der Waals surface area contributed by atoms with Crippen LogP contribution in [0.1, 0.15) is 161 Å². The van der Waals surface area contributed by atoms with Gasteiger partial charge in [-0.15, -0.1) is 0 Å². The summed E-state index contributed by atoms with van der Waals surface area (Å²) in [7, 11) is 3.72. The molecule has 1 aliphatic carbocycles. The summed E-state index contributed by atoms with van der Waals surface area (Å²) in [5, 5.41) is 0. The van der Waals surface area contributed by atoms with Gasteiger partial charge in [0, 0.05) is 25.7 Å². The van der Waals surface area contributed by atoms with Crippen molar-refractivity contribution in [1.29, 1.82) is 0 Å². The molecule has 268 valence electrons. The van der Waals surface area contributed by atoms with Crippen molar-refractivity contribution in [3.05, 3.63) is 126 Å². The fourth-order valence-electron chi connectivity index (χ4n) is 7.53. The second-order valence-electron chi connectivity index (χ2n) is 19.2. The molecule has 0 heterocycles. The minimum Gasteiger partial charge on any atom is -0.496 e. The van der Waals surface area contributed by atoms with Crippen LogP contribution in [-0.4, -0.2) is 14.2 Å².